The summed E-state index contributed by atoms with van der Waals surface area (Å²) in [6.07, 6.45) is 0. The van der Waals surface area contributed by atoms with Crippen molar-refractivity contribution in [3.63, 3.8) is 0 Å². The molecule has 3 aromatic rings. The van der Waals surface area contributed by atoms with Crippen molar-refractivity contribution >= 4 is 5.69 Å². The van der Waals surface area contributed by atoms with Gasteiger partial charge in [-0.05, 0) is 29.7 Å². The Kier molecular flexibility index (Phi) is 3.19. The number of nitrogens with one attached hydrogen (secondary N) is 1. The summed E-state index contributed by atoms with van der Waals surface area (Å²) in [5.74, 6) is 0.360. The molecule has 1 N–H and O–H groups in total. The number of hydrogen-bond donors (Lipinski definition) is 1. The summed E-state index contributed by atoms with van der Waals surface area (Å²) in [5.41, 5.74) is 6.68. The topological polar surface area (TPSA) is 12.0 Å². The zero-order valence-corrected chi connectivity index (χ0v) is 12.7. The molecule has 0 saturated heterocycles. The molecule has 0 unspecified atom stereocenters. The standard InChI is InChI=1S/C21H19N/c1-15-12-13-19-18(14-15)20(16-8-4-2-5-9-16)21(22-19)17-10-6-3-7-11-17/h2-14,20-22H,1H3/t20-,21+/m1/s1. The summed E-state index contributed by atoms with van der Waals surface area (Å²) in [7, 11) is 0. The number of rotatable bonds is 2. The zero-order valence-electron chi connectivity index (χ0n) is 12.7. The lowest BCUT2D eigenvalue weighted by molar-refractivity contribution is 0.713. The third kappa shape index (κ3) is 2.19. The molecule has 1 aliphatic heterocycles. The van der Waals surface area contributed by atoms with Crippen molar-refractivity contribution in [1.82, 2.24) is 0 Å². The van der Waals surface area contributed by atoms with E-state index in [1.807, 2.05) is 0 Å². The monoisotopic (exact) mass is 285 g/mol. The molecule has 1 heterocycles. The molecule has 0 aliphatic carbocycles. The molecule has 0 bridgehead atoms. The second-order valence-corrected chi connectivity index (χ2v) is 6.01. The van der Waals surface area contributed by atoms with Crippen LogP contribution in [-0.2, 0) is 0 Å². The van der Waals surface area contributed by atoms with Crippen LogP contribution in [0.1, 0.15) is 34.2 Å². The van der Waals surface area contributed by atoms with Gasteiger partial charge in [-0.3, -0.25) is 0 Å². The van der Waals surface area contributed by atoms with Crippen LogP contribution in [0, 0.1) is 6.92 Å². The molecule has 2 atom stereocenters. The fourth-order valence-electron chi connectivity index (χ4n) is 3.47. The van der Waals surface area contributed by atoms with Gasteiger partial charge in [0.2, 0.25) is 0 Å². The molecular formula is C21H19N. The number of fused-ring (bicyclic) bond motifs is 1. The summed E-state index contributed by atoms with van der Waals surface area (Å²) in [6.45, 7) is 2.16. The Morgan fingerprint density at radius 3 is 2.05 bits per heavy atom. The molecule has 0 spiro atoms. The molecule has 0 saturated carbocycles. The van der Waals surface area contributed by atoms with Gasteiger partial charge < -0.3 is 5.32 Å². The van der Waals surface area contributed by atoms with Gasteiger partial charge in [0.25, 0.3) is 0 Å². The highest BCUT2D eigenvalue weighted by Gasteiger charge is 2.34. The third-order valence-electron chi connectivity index (χ3n) is 4.50. The molecule has 1 nitrogen and oxygen atoms in total. The second-order valence-electron chi connectivity index (χ2n) is 6.01. The Bertz CT molecular complexity index is 778. The first-order valence-corrected chi connectivity index (χ1v) is 7.80. The molecule has 0 radical (unpaired) electrons. The van der Waals surface area contributed by atoms with Gasteiger partial charge >= 0.3 is 0 Å². The Morgan fingerprint density at radius 1 is 0.727 bits per heavy atom. The van der Waals surface area contributed by atoms with Crippen LogP contribution in [0.4, 0.5) is 5.69 Å². The van der Waals surface area contributed by atoms with Gasteiger partial charge in [0.15, 0.2) is 0 Å². The first-order valence-electron chi connectivity index (χ1n) is 7.80. The van der Waals surface area contributed by atoms with Crippen molar-refractivity contribution in [1.29, 1.82) is 0 Å². The van der Waals surface area contributed by atoms with E-state index in [1.165, 1.54) is 27.9 Å². The Morgan fingerprint density at radius 2 is 1.36 bits per heavy atom. The maximum absolute atomic E-state index is 3.73. The first-order chi connectivity index (χ1) is 10.8. The van der Waals surface area contributed by atoms with Gasteiger partial charge in [-0.15, -0.1) is 0 Å². The Hall–Kier alpha value is -2.54. The zero-order chi connectivity index (χ0) is 14.9. The number of anilines is 1. The van der Waals surface area contributed by atoms with Gasteiger partial charge in [-0.2, -0.15) is 0 Å². The van der Waals surface area contributed by atoms with Crippen LogP contribution in [0.3, 0.4) is 0 Å². The van der Waals surface area contributed by atoms with Crippen molar-refractivity contribution in [3.05, 3.63) is 101 Å². The fraction of sp³-hybridized carbons (Fsp3) is 0.143. The molecule has 0 amide bonds. The quantitative estimate of drug-likeness (QED) is 0.674. The summed E-state index contributed by atoms with van der Waals surface area (Å²) in [5, 5.41) is 3.73. The van der Waals surface area contributed by atoms with Crippen LogP contribution < -0.4 is 5.32 Å². The predicted octanol–water partition coefficient (Wildman–Crippen LogP) is 5.29. The van der Waals surface area contributed by atoms with Crippen molar-refractivity contribution in [3.8, 4) is 0 Å². The van der Waals surface area contributed by atoms with E-state index in [0.717, 1.165) is 0 Å². The maximum atomic E-state index is 3.73. The van der Waals surface area contributed by atoms with E-state index in [2.05, 4.69) is 91.1 Å². The third-order valence-corrected chi connectivity index (χ3v) is 4.50. The fourth-order valence-corrected chi connectivity index (χ4v) is 3.47. The molecular weight excluding hydrogens is 266 g/mol. The normalized spacial score (nSPS) is 19.5. The lowest BCUT2D eigenvalue weighted by Gasteiger charge is -2.21. The van der Waals surface area contributed by atoms with Crippen molar-refractivity contribution in [2.75, 3.05) is 5.32 Å². The van der Waals surface area contributed by atoms with Crippen molar-refractivity contribution in [2.45, 2.75) is 18.9 Å². The van der Waals surface area contributed by atoms with Crippen LogP contribution in [0.2, 0.25) is 0 Å². The maximum Gasteiger partial charge on any atom is 0.0623 e. The average Bonchev–Trinajstić information content (AvgIpc) is 2.95. The van der Waals surface area contributed by atoms with Crippen LogP contribution in [0.5, 0.6) is 0 Å². The van der Waals surface area contributed by atoms with E-state index >= 15 is 0 Å². The smallest absolute Gasteiger partial charge is 0.0623 e. The number of benzene rings is 3. The molecule has 0 fully saturated rings. The highest BCUT2D eigenvalue weighted by atomic mass is 15.0. The molecule has 1 aliphatic rings. The number of hydrogen-bond acceptors (Lipinski definition) is 1. The molecule has 3 aromatic carbocycles. The van der Waals surface area contributed by atoms with Gasteiger partial charge in [0.1, 0.15) is 0 Å². The van der Waals surface area contributed by atoms with Crippen LogP contribution >= 0.6 is 0 Å². The number of aryl methyl sites for hydroxylation is 1. The van der Waals surface area contributed by atoms with E-state index in [9.17, 15) is 0 Å². The minimum Gasteiger partial charge on any atom is -0.377 e. The molecule has 0 aromatic heterocycles. The second kappa shape index (κ2) is 5.34. The SMILES string of the molecule is Cc1ccc2c(c1)[C@@H](c1ccccc1)[C@H](c1ccccc1)N2. The molecule has 1 heteroatoms. The molecule has 22 heavy (non-hydrogen) atoms. The molecule has 108 valence electrons. The predicted molar refractivity (Wildman–Crippen MR) is 92.3 cm³/mol. The van der Waals surface area contributed by atoms with E-state index in [0.29, 0.717) is 12.0 Å². The van der Waals surface area contributed by atoms with Crippen LogP contribution in [-0.4, -0.2) is 0 Å². The minimum atomic E-state index is 0.292. The summed E-state index contributed by atoms with van der Waals surface area (Å²) in [6, 6.07) is 28.6. The lowest BCUT2D eigenvalue weighted by atomic mass is 9.84. The average molecular weight is 285 g/mol. The van der Waals surface area contributed by atoms with E-state index in [-0.39, 0.29) is 0 Å². The first kappa shape index (κ1) is 13.1. The van der Waals surface area contributed by atoms with Crippen LogP contribution in [0.15, 0.2) is 78.9 Å². The van der Waals surface area contributed by atoms with Crippen molar-refractivity contribution in [2.24, 2.45) is 0 Å². The van der Waals surface area contributed by atoms with Gasteiger partial charge in [-0.25, -0.2) is 0 Å². The summed E-state index contributed by atoms with van der Waals surface area (Å²) < 4.78 is 0. The Balaban J connectivity index is 1.86. The van der Waals surface area contributed by atoms with Gasteiger partial charge in [0.05, 0.1) is 6.04 Å². The lowest BCUT2D eigenvalue weighted by Crippen LogP contribution is -2.12. The Labute approximate surface area is 131 Å². The van der Waals surface area contributed by atoms with E-state index < -0.39 is 0 Å². The summed E-state index contributed by atoms with van der Waals surface area (Å²) >= 11 is 0. The highest BCUT2D eigenvalue weighted by Crippen LogP contribution is 2.47. The van der Waals surface area contributed by atoms with Gasteiger partial charge in [0, 0.05) is 11.6 Å². The van der Waals surface area contributed by atoms with Gasteiger partial charge in [-0.1, -0.05) is 78.4 Å². The summed E-state index contributed by atoms with van der Waals surface area (Å²) in [4.78, 5) is 0. The largest absolute Gasteiger partial charge is 0.377 e. The van der Waals surface area contributed by atoms with Crippen molar-refractivity contribution < 1.29 is 0 Å². The van der Waals surface area contributed by atoms with E-state index in [1.54, 1.807) is 0 Å². The van der Waals surface area contributed by atoms with E-state index in [4.69, 9.17) is 0 Å². The highest BCUT2D eigenvalue weighted by molar-refractivity contribution is 5.64. The van der Waals surface area contributed by atoms with Crippen LogP contribution in [0.25, 0.3) is 0 Å². The molecule has 4 rings (SSSR count). The minimum absolute atomic E-state index is 0.292.